The van der Waals surface area contributed by atoms with Crippen LogP contribution in [0.2, 0.25) is 0 Å². The lowest BCUT2D eigenvalue weighted by molar-refractivity contribution is 0.112. The van der Waals surface area contributed by atoms with Crippen LogP contribution in [-0.4, -0.2) is 6.29 Å². The van der Waals surface area contributed by atoms with Gasteiger partial charge in [-0.25, -0.2) is 0 Å². The van der Waals surface area contributed by atoms with Gasteiger partial charge in [0, 0.05) is 14.5 Å². The zero-order chi connectivity index (χ0) is 14.1. The van der Waals surface area contributed by atoms with Crippen LogP contribution in [0.25, 0.3) is 0 Å². The molecule has 0 saturated heterocycles. The lowest BCUT2D eigenvalue weighted by Crippen LogP contribution is -2.03. The van der Waals surface area contributed by atoms with Gasteiger partial charge in [-0.3, -0.25) is 4.79 Å². The number of hydrogen-bond acceptors (Lipinski definition) is 1. The fourth-order valence-electron chi connectivity index (χ4n) is 2.69. The molecule has 4 aliphatic rings. The second kappa shape index (κ2) is 5.82. The van der Waals surface area contributed by atoms with Gasteiger partial charge in [0.2, 0.25) is 0 Å². The Hall–Kier alpha value is -0.930. The van der Waals surface area contributed by atoms with Crippen molar-refractivity contribution in [1.82, 2.24) is 0 Å². The third-order valence-electron chi connectivity index (χ3n) is 3.90. The van der Waals surface area contributed by atoms with Gasteiger partial charge in [0.15, 0.2) is 0 Å². The summed E-state index contributed by atoms with van der Waals surface area (Å²) in [6.45, 7) is 0. The van der Waals surface area contributed by atoms with E-state index in [1.807, 2.05) is 6.07 Å². The molecule has 0 saturated carbocycles. The SMILES string of the molecule is O=Cc1cc2c(Br)cc1CCc1ccc(cc1Br)CC2. The zero-order valence-electron chi connectivity index (χ0n) is 11.0. The van der Waals surface area contributed by atoms with Crippen LogP contribution in [0.4, 0.5) is 0 Å². The molecule has 4 aliphatic carbocycles. The van der Waals surface area contributed by atoms with E-state index < -0.39 is 0 Å². The van der Waals surface area contributed by atoms with E-state index in [0.717, 1.165) is 47.6 Å². The van der Waals surface area contributed by atoms with Gasteiger partial charge < -0.3 is 0 Å². The number of hydrogen-bond donors (Lipinski definition) is 0. The molecule has 3 heteroatoms. The maximum atomic E-state index is 11.3. The molecule has 1 nitrogen and oxygen atoms in total. The molecule has 0 unspecified atom stereocenters. The number of benzene rings is 2. The number of carbonyl (C=O) groups excluding carboxylic acids is 1. The predicted molar refractivity (Wildman–Crippen MR) is 88.5 cm³/mol. The van der Waals surface area contributed by atoms with Crippen molar-refractivity contribution in [1.29, 1.82) is 0 Å². The van der Waals surface area contributed by atoms with Crippen LogP contribution < -0.4 is 0 Å². The highest BCUT2D eigenvalue weighted by atomic mass is 79.9. The van der Waals surface area contributed by atoms with E-state index >= 15 is 0 Å². The standard InChI is InChI=1S/C17H14Br2O/c18-16-7-11-1-3-12(16)5-6-13-9-17(19)14(4-2-11)8-15(13)10-20/h1,3,7-10H,2,4-6H2. The molecule has 2 aromatic rings. The monoisotopic (exact) mass is 392 g/mol. The van der Waals surface area contributed by atoms with Gasteiger partial charge in [-0.2, -0.15) is 0 Å². The van der Waals surface area contributed by atoms with Crippen molar-refractivity contribution in [2.75, 3.05) is 0 Å². The van der Waals surface area contributed by atoms with Crippen LogP contribution in [0.5, 0.6) is 0 Å². The van der Waals surface area contributed by atoms with Crippen molar-refractivity contribution in [3.63, 3.8) is 0 Å². The molecule has 0 radical (unpaired) electrons. The highest BCUT2D eigenvalue weighted by Crippen LogP contribution is 2.28. The van der Waals surface area contributed by atoms with Crippen LogP contribution in [0.1, 0.15) is 32.6 Å². The van der Waals surface area contributed by atoms with Crippen LogP contribution in [-0.2, 0) is 25.7 Å². The number of rotatable bonds is 1. The Kier molecular flexibility index (Phi) is 4.08. The summed E-state index contributed by atoms with van der Waals surface area (Å²) in [5, 5.41) is 0. The Bertz CT molecular complexity index is 677. The fraction of sp³-hybridized carbons (Fsp3) is 0.235. The number of carbonyl (C=O) groups is 1. The molecule has 0 spiro atoms. The van der Waals surface area contributed by atoms with E-state index in [4.69, 9.17) is 0 Å². The molecule has 0 heterocycles. The minimum Gasteiger partial charge on any atom is -0.298 e. The first-order chi connectivity index (χ1) is 9.67. The van der Waals surface area contributed by atoms with E-state index in [9.17, 15) is 4.79 Å². The predicted octanol–water partition coefficient (Wildman–Crippen LogP) is 4.91. The molecule has 0 aromatic heterocycles. The topological polar surface area (TPSA) is 17.1 Å². The van der Waals surface area contributed by atoms with Crippen molar-refractivity contribution >= 4 is 38.1 Å². The minimum absolute atomic E-state index is 0.828. The molecule has 0 aliphatic heterocycles. The summed E-state index contributed by atoms with van der Waals surface area (Å²) in [5.74, 6) is 0. The summed E-state index contributed by atoms with van der Waals surface area (Å²) in [7, 11) is 0. The largest absolute Gasteiger partial charge is 0.298 e. The Morgan fingerprint density at radius 2 is 1.50 bits per heavy atom. The van der Waals surface area contributed by atoms with Crippen molar-refractivity contribution in [2.45, 2.75) is 25.7 Å². The molecule has 4 bridgehead atoms. The quantitative estimate of drug-likeness (QED) is 0.629. The maximum absolute atomic E-state index is 11.3. The Morgan fingerprint density at radius 3 is 2.25 bits per heavy atom. The normalized spacial score (nSPS) is 13.9. The average molecular weight is 394 g/mol. The third-order valence-corrected chi connectivity index (χ3v) is 5.38. The smallest absolute Gasteiger partial charge is 0.150 e. The summed E-state index contributed by atoms with van der Waals surface area (Å²) >= 11 is 7.30. The average Bonchev–Trinajstić information content (AvgIpc) is 2.43. The van der Waals surface area contributed by atoms with E-state index in [1.54, 1.807) is 0 Å². The molecular formula is C17H14Br2O. The molecule has 0 N–H and O–H groups in total. The number of halogens is 2. The summed E-state index contributed by atoms with van der Waals surface area (Å²) in [6.07, 6.45) is 4.72. The first kappa shape index (κ1) is 14.0. The summed E-state index contributed by atoms with van der Waals surface area (Å²) in [4.78, 5) is 11.3. The lowest BCUT2D eigenvalue weighted by Gasteiger charge is -2.14. The van der Waals surface area contributed by atoms with E-state index in [1.165, 1.54) is 21.2 Å². The van der Waals surface area contributed by atoms with E-state index in [0.29, 0.717) is 0 Å². The summed E-state index contributed by atoms with van der Waals surface area (Å²) < 4.78 is 2.30. The number of aldehydes is 1. The van der Waals surface area contributed by atoms with Gasteiger partial charge in [-0.1, -0.05) is 44.0 Å². The Balaban J connectivity index is 2.10. The fourth-order valence-corrected chi connectivity index (χ4v) is 3.91. The van der Waals surface area contributed by atoms with Crippen LogP contribution in [0.3, 0.4) is 0 Å². The second-order valence-corrected chi connectivity index (χ2v) is 6.89. The first-order valence-electron chi connectivity index (χ1n) is 6.71. The maximum Gasteiger partial charge on any atom is 0.150 e. The Labute approximate surface area is 135 Å². The van der Waals surface area contributed by atoms with Gasteiger partial charge in [0.05, 0.1) is 0 Å². The Morgan fingerprint density at radius 1 is 0.800 bits per heavy atom. The van der Waals surface area contributed by atoms with Gasteiger partial charge in [0.25, 0.3) is 0 Å². The van der Waals surface area contributed by atoms with Gasteiger partial charge >= 0.3 is 0 Å². The van der Waals surface area contributed by atoms with Crippen LogP contribution >= 0.6 is 31.9 Å². The summed E-state index contributed by atoms with van der Waals surface area (Å²) in [6, 6.07) is 10.8. The van der Waals surface area contributed by atoms with Gasteiger partial charge in [0.1, 0.15) is 6.29 Å². The molecular weight excluding hydrogens is 380 g/mol. The highest BCUT2D eigenvalue weighted by Gasteiger charge is 2.12. The second-order valence-electron chi connectivity index (χ2n) is 5.19. The lowest BCUT2D eigenvalue weighted by atomic mass is 9.94. The molecule has 0 fully saturated rings. The van der Waals surface area contributed by atoms with Crippen molar-refractivity contribution < 1.29 is 4.79 Å². The number of aryl methyl sites for hydroxylation is 4. The van der Waals surface area contributed by atoms with Gasteiger partial charge in [-0.15, -0.1) is 0 Å². The first-order valence-corrected chi connectivity index (χ1v) is 8.30. The molecule has 0 atom stereocenters. The van der Waals surface area contributed by atoms with Crippen molar-refractivity contribution in [3.8, 4) is 0 Å². The van der Waals surface area contributed by atoms with E-state index in [2.05, 4.69) is 56.1 Å². The zero-order valence-corrected chi connectivity index (χ0v) is 14.1. The summed E-state index contributed by atoms with van der Waals surface area (Å²) in [5.41, 5.74) is 5.77. The molecule has 6 rings (SSSR count). The van der Waals surface area contributed by atoms with Crippen LogP contribution in [0, 0.1) is 0 Å². The highest BCUT2D eigenvalue weighted by molar-refractivity contribution is 9.10. The van der Waals surface area contributed by atoms with Crippen LogP contribution in [0.15, 0.2) is 39.3 Å². The van der Waals surface area contributed by atoms with E-state index in [-0.39, 0.29) is 0 Å². The van der Waals surface area contributed by atoms with Crippen molar-refractivity contribution in [3.05, 3.63) is 67.1 Å². The molecule has 102 valence electrons. The molecule has 2 aromatic carbocycles. The van der Waals surface area contributed by atoms with Gasteiger partial charge in [-0.05, 0) is 66.1 Å². The third kappa shape index (κ3) is 2.75. The minimum atomic E-state index is 0.828. The molecule has 0 amide bonds. The molecule has 20 heavy (non-hydrogen) atoms. The van der Waals surface area contributed by atoms with Crippen molar-refractivity contribution in [2.24, 2.45) is 0 Å².